The molecule has 0 heterocycles. The second kappa shape index (κ2) is 4.96. The summed E-state index contributed by atoms with van der Waals surface area (Å²) in [5.41, 5.74) is 0.248. The Morgan fingerprint density at radius 2 is 2.29 bits per heavy atom. The summed E-state index contributed by atoms with van der Waals surface area (Å²) in [6, 6.07) is 5.97. The highest BCUT2D eigenvalue weighted by atomic mass is 19.1. The van der Waals surface area contributed by atoms with Gasteiger partial charge in [-0.1, -0.05) is 23.4 Å². The van der Waals surface area contributed by atoms with Gasteiger partial charge in [-0.3, -0.25) is 0 Å². The fourth-order valence-corrected chi connectivity index (χ4v) is 0.766. The number of halogens is 1. The molecule has 0 radical (unpaired) electrons. The zero-order valence-corrected chi connectivity index (χ0v) is 7.18. The number of hydrogen-bond acceptors (Lipinski definition) is 3. The number of aliphatic carboxylic acids is 1. The highest BCUT2D eigenvalue weighted by Gasteiger charge is 1.97. The zero-order valence-electron chi connectivity index (χ0n) is 7.18. The summed E-state index contributed by atoms with van der Waals surface area (Å²) >= 11 is 0. The van der Waals surface area contributed by atoms with E-state index in [0.717, 1.165) is 6.21 Å². The molecule has 5 heteroatoms. The third-order valence-electron chi connectivity index (χ3n) is 1.36. The van der Waals surface area contributed by atoms with Crippen molar-refractivity contribution >= 4 is 12.2 Å². The summed E-state index contributed by atoms with van der Waals surface area (Å²) in [5, 5.41) is 11.5. The first kappa shape index (κ1) is 10.2. The van der Waals surface area contributed by atoms with Crippen LogP contribution >= 0.6 is 0 Å². The summed E-state index contributed by atoms with van der Waals surface area (Å²) < 4.78 is 12.9. The van der Waals surface area contributed by atoms with Crippen LogP contribution in [-0.4, -0.2) is 23.9 Å². The first-order valence-electron chi connectivity index (χ1n) is 3.82. The van der Waals surface area contributed by atoms with Crippen molar-refractivity contribution in [2.45, 2.75) is 0 Å². The molecule has 0 unspecified atom stereocenters. The Labute approximate surface area is 79.6 Å². The lowest BCUT2D eigenvalue weighted by Gasteiger charge is -1.94. The van der Waals surface area contributed by atoms with Gasteiger partial charge in [0.15, 0.2) is 0 Å². The van der Waals surface area contributed by atoms with Crippen molar-refractivity contribution in [1.29, 1.82) is 0 Å². The van der Waals surface area contributed by atoms with Crippen LogP contribution < -0.4 is 0 Å². The summed E-state index contributed by atoms with van der Waals surface area (Å²) in [7, 11) is 0. The van der Waals surface area contributed by atoms with Gasteiger partial charge in [0.25, 0.3) is 0 Å². The van der Waals surface area contributed by atoms with Crippen LogP contribution in [0.3, 0.4) is 0 Å². The van der Waals surface area contributed by atoms with Crippen molar-refractivity contribution in [3.63, 3.8) is 0 Å². The normalized spacial score (nSPS) is 10.4. The third-order valence-corrected chi connectivity index (χ3v) is 1.36. The van der Waals surface area contributed by atoms with E-state index in [9.17, 15) is 9.18 Å². The molecular formula is C9H8FNO3. The lowest BCUT2D eigenvalue weighted by Crippen LogP contribution is -2.03. The molecule has 74 valence electrons. The van der Waals surface area contributed by atoms with E-state index in [0.29, 0.717) is 0 Å². The van der Waals surface area contributed by atoms with E-state index in [4.69, 9.17) is 5.11 Å². The third kappa shape index (κ3) is 3.22. The molecule has 1 aromatic carbocycles. The van der Waals surface area contributed by atoms with Crippen molar-refractivity contribution < 1.29 is 19.1 Å². The van der Waals surface area contributed by atoms with Crippen molar-refractivity contribution in [1.82, 2.24) is 0 Å². The Morgan fingerprint density at radius 3 is 2.93 bits per heavy atom. The maximum absolute atomic E-state index is 12.9. The number of benzene rings is 1. The monoisotopic (exact) mass is 197 g/mol. The summed E-state index contributed by atoms with van der Waals surface area (Å²) in [4.78, 5) is 14.4. The number of carbonyl (C=O) groups is 1. The van der Waals surface area contributed by atoms with Crippen LogP contribution in [0.15, 0.2) is 29.4 Å². The number of nitrogens with zero attached hydrogens (tertiary/aromatic N) is 1. The second-order valence-corrected chi connectivity index (χ2v) is 2.42. The van der Waals surface area contributed by atoms with Crippen LogP contribution in [0.25, 0.3) is 0 Å². The molecule has 0 saturated heterocycles. The van der Waals surface area contributed by atoms with Crippen LogP contribution in [0.5, 0.6) is 0 Å². The Morgan fingerprint density at radius 1 is 1.57 bits per heavy atom. The van der Waals surface area contributed by atoms with Gasteiger partial charge in [0.05, 0.1) is 6.21 Å². The Kier molecular flexibility index (Phi) is 3.60. The molecule has 4 nitrogen and oxygen atoms in total. The van der Waals surface area contributed by atoms with E-state index >= 15 is 0 Å². The summed E-state index contributed by atoms with van der Waals surface area (Å²) in [6.07, 6.45) is 1.12. The highest BCUT2D eigenvalue weighted by Crippen LogP contribution is 2.02. The minimum atomic E-state index is -1.13. The van der Waals surface area contributed by atoms with Crippen molar-refractivity contribution in [2.24, 2.45) is 5.16 Å². The van der Waals surface area contributed by atoms with Crippen LogP contribution in [0.2, 0.25) is 0 Å². The topological polar surface area (TPSA) is 58.9 Å². The number of carboxylic acid groups (broad SMARTS) is 1. The lowest BCUT2D eigenvalue weighted by atomic mass is 10.2. The zero-order chi connectivity index (χ0) is 10.4. The van der Waals surface area contributed by atoms with Crippen LogP contribution in [0.4, 0.5) is 4.39 Å². The Bertz CT molecular complexity index is 352. The molecule has 0 aliphatic carbocycles. The predicted octanol–water partition coefficient (Wildman–Crippen LogP) is 1.26. The molecule has 0 aliphatic rings. The molecule has 1 N–H and O–H groups in total. The lowest BCUT2D eigenvalue weighted by molar-refractivity contribution is -0.142. The van der Waals surface area contributed by atoms with Crippen molar-refractivity contribution in [2.75, 3.05) is 6.61 Å². The molecule has 1 rings (SSSR count). The number of oxime groups is 1. The van der Waals surface area contributed by atoms with Gasteiger partial charge in [0.1, 0.15) is 5.82 Å². The molecule has 0 aliphatic heterocycles. The van der Waals surface area contributed by atoms with E-state index in [1.165, 1.54) is 12.1 Å². The van der Waals surface area contributed by atoms with Gasteiger partial charge in [-0.2, -0.15) is 0 Å². The molecular weight excluding hydrogens is 189 g/mol. The number of rotatable bonds is 4. The van der Waals surface area contributed by atoms with Gasteiger partial charge in [0.2, 0.25) is 6.61 Å². The fourth-order valence-electron chi connectivity index (χ4n) is 0.766. The fraction of sp³-hybridized carbons (Fsp3) is 0.111. The summed E-state index contributed by atoms with van der Waals surface area (Å²) in [5.74, 6) is -1.56. The average molecular weight is 197 g/mol. The predicted molar refractivity (Wildman–Crippen MR) is 47.6 cm³/mol. The van der Waals surface area contributed by atoms with Gasteiger partial charge in [-0.05, 0) is 6.07 Å². The van der Waals surface area contributed by atoms with Crippen LogP contribution in [0.1, 0.15) is 5.56 Å². The first-order valence-corrected chi connectivity index (χ1v) is 3.82. The van der Waals surface area contributed by atoms with E-state index in [-0.39, 0.29) is 5.56 Å². The maximum atomic E-state index is 12.9. The Hall–Kier alpha value is -1.91. The Balaban J connectivity index is 2.52. The van der Waals surface area contributed by atoms with E-state index < -0.39 is 18.4 Å². The van der Waals surface area contributed by atoms with Crippen molar-refractivity contribution in [3.8, 4) is 0 Å². The highest BCUT2D eigenvalue weighted by molar-refractivity contribution is 5.79. The summed E-state index contributed by atoms with van der Waals surface area (Å²) in [6.45, 7) is -0.537. The number of carboxylic acids is 1. The van der Waals surface area contributed by atoms with Gasteiger partial charge >= 0.3 is 5.97 Å². The molecule has 0 bridgehead atoms. The van der Waals surface area contributed by atoms with Crippen LogP contribution in [0, 0.1) is 5.82 Å². The second-order valence-electron chi connectivity index (χ2n) is 2.42. The molecule has 0 fully saturated rings. The molecule has 0 amide bonds. The van der Waals surface area contributed by atoms with E-state index in [2.05, 4.69) is 9.99 Å². The largest absolute Gasteiger partial charge is 0.479 e. The van der Waals surface area contributed by atoms with E-state index in [1.54, 1.807) is 12.1 Å². The number of hydrogen-bond donors (Lipinski definition) is 1. The molecule has 14 heavy (non-hydrogen) atoms. The first-order chi connectivity index (χ1) is 6.70. The van der Waals surface area contributed by atoms with Crippen LogP contribution in [-0.2, 0) is 9.63 Å². The molecule has 0 aromatic heterocycles. The van der Waals surface area contributed by atoms with Gasteiger partial charge in [-0.25, -0.2) is 9.18 Å². The minimum absolute atomic E-state index is 0.248. The van der Waals surface area contributed by atoms with Gasteiger partial charge in [0, 0.05) is 5.56 Å². The standard InChI is InChI=1S/C9H8FNO3/c10-8-4-2-1-3-7(8)5-11-14-6-9(12)13/h1-5H,6H2,(H,12,13). The molecule has 0 spiro atoms. The smallest absolute Gasteiger partial charge is 0.344 e. The average Bonchev–Trinajstić information content (AvgIpc) is 2.15. The quantitative estimate of drug-likeness (QED) is 0.584. The molecule has 0 atom stereocenters. The van der Waals surface area contributed by atoms with E-state index in [1.807, 2.05) is 0 Å². The van der Waals surface area contributed by atoms with Gasteiger partial charge < -0.3 is 9.94 Å². The SMILES string of the molecule is O=C(O)CON=Cc1ccccc1F. The minimum Gasteiger partial charge on any atom is -0.479 e. The molecule has 1 aromatic rings. The molecule has 0 saturated carbocycles. The maximum Gasteiger partial charge on any atom is 0.344 e. The van der Waals surface area contributed by atoms with Crippen molar-refractivity contribution in [3.05, 3.63) is 35.6 Å². The van der Waals surface area contributed by atoms with Gasteiger partial charge in [-0.15, -0.1) is 0 Å².